The van der Waals surface area contributed by atoms with Crippen molar-refractivity contribution in [3.63, 3.8) is 0 Å². The molecule has 0 aliphatic heterocycles. The summed E-state index contributed by atoms with van der Waals surface area (Å²) >= 11 is 0. The number of nitrogens with one attached hydrogen (secondary N) is 1. The molecule has 0 bridgehead atoms. The fraction of sp³-hybridized carbons (Fsp3) is 0.889. The average molecular weight is 271 g/mol. The summed E-state index contributed by atoms with van der Waals surface area (Å²) in [6.07, 6.45) is -3.87. The summed E-state index contributed by atoms with van der Waals surface area (Å²) in [4.78, 5) is 11.4. The fourth-order valence-corrected chi connectivity index (χ4v) is 2.92. The highest BCUT2D eigenvalue weighted by molar-refractivity contribution is 7.91. The van der Waals surface area contributed by atoms with Crippen LogP contribution in [-0.4, -0.2) is 25.2 Å². The van der Waals surface area contributed by atoms with Gasteiger partial charge in [-0.05, 0) is 26.2 Å². The monoisotopic (exact) mass is 271 g/mol. The van der Waals surface area contributed by atoms with Crippen LogP contribution in [-0.2, 0) is 14.8 Å². The molecule has 2 aliphatic carbocycles. The zero-order valence-corrected chi connectivity index (χ0v) is 9.86. The normalized spacial score (nSPS) is 30.8. The van der Waals surface area contributed by atoms with Gasteiger partial charge in [-0.2, -0.15) is 13.2 Å². The van der Waals surface area contributed by atoms with E-state index in [2.05, 4.69) is 0 Å². The molecule has 2 fully saturated rings. The highest BCUT2D eigenvalue weighted by Crippen LogP contribution is 2.50. The predicted molar refractivity (Wildman–Crippen MR) is 52.4 cm³/mol. The molecule has 2 aliphatic rings. The van der Waals surface area contributed by atoms with Gasteiger partial charge in [0.25, 0.3) is 0 Å². The van der Waals surface area contributed by atoms with Crippen LogP contribution in [0.25, 0.3) is 0 Å². The molecule has 98 valence electrons. The van der Waals surface area contributed by atoms with Gasteiger partial charge in [-0.1, -0.05) is 0 Å². The minimum Gasteiger partial charge on any atom is -0.274 e. The number of hydrogen-bond donors (Lipinski definition) is 1. The number of carbonyl (C=O) groups is 1. The van der Waals surface area contributed by atoms with E-state index < -0.39 is 38.7 Å². The van der Waals surface area contributed by atoms with E-state index in [0.29, 0.717) is 12.8 Å². The van der Waals surface area contributed by atoms with Crippen LogP contribution in [0.4, 0.5) is 13.2 Å². The second-order valence-corrected chi connectivity index (χ2v) is 7.11. The first-order chi connectivity index (χ1) is 7.57. The van der Waals surface area contributed by atoms with Crippen molar-refractivity contribution in [3.05, 3.63) is 0 Å². The summed E-state index contributed by atoms with van der Waals surface area (Å²) in [7, 11) is -3.83. The van der Waals surface area contributed by atoms with Crippen molar-refractivity contribution < 1.29 is 26.4 Å². The van der Waals surface area contributed by atoms with Gasteiger partial charge < -0.3 is 0 Å². The smallest absolute Gasteiger partial charge is 0.274 e. The summed E-state index contributed by atoms with van der Waals surface area (Å²) in [5.74, 6) is -3.96. The van der Waals surface area contributed by atoms with Crippen molar-refractivity contribution in [2.45, 2.75) is 37.1 Å². The van der Waals surface area contributed by atoms with Gasteiger partial charge in [-0.3, -0.25) is 9.52 Å². The topological polar surface area (TPSA) is 63.2 Å². The second kappa shape index (κ2) is 3.37. The van der Waals surface area contributed by atoms with Crippen molar-refractivity contribution in [3.8, 4) is 0 Å². The Morgan fingerprint density at radius 1 is 1.35 bits per heavy atom. The molecule has 0 aromatic heterocycles. The Morgan fingerprint density at radius 3 is 2.24 bits per heavy atom. The molecule has 8 heteroatoms. The van der Waals surface area contributed by atoms with Crippen LogP contribution in [0.15, 0.2) is 0 Å². The van der Waals surface area contributed by atoms with Crippen LogP contribution in [0.1, 0.15) is 26.2 Å². The Hall–Kier alpha value is -0.790. The van der Waals surface area contributed by atoms with Crippen molar-refractivity contribution in [2.75, 3.05) is 0 Å². The van der Waals surface area contributed by atoms with E-state index in [9.17, 15) is 26.4 Å². The lowest BCUT2D eigenvalue weighted by Gasteiger charge is -2.12. The molecule has 0 aromatic carbocycles. The van der Waals surface area contributed by atoms with Gasteiger partial charge in [-0.15, -0.1) is 0 Å². The molecule has 0 radical (unpaired) electrons. The predicted octanol–water partition coefficient (Wildman–Crippen LogP) is 1.18. The molecular weight excluding hydrogens is 259 g/mol. The molecule has 2 rings (SSSR count). The summed E-state index contributed by atoms with van der Waals surface area (Å²) in [5.41, 5.74) is 0. The molecule has 0 aromatic rings. The Bertz CT molecular complexity index is 453. The van der Waals surface area contributed by atoms with Crippen molar-refractivity contribution in [1.82, 2.24) is 4.72 Å². The summed E-state index contributed by atoms with van der Waals surface area (Å²) in [6, 6.07) is 0. The van der Waals surface area contributed by atoms with Crippen LogP contribution in [0, 0.1) is 11.8 Å². The quantitative estimate of drug-likeness (QED) is 0.838. The van der Waals surface area contributed by atoms with E-state index in [4.69, 9.17) is 0 Å². The lowest BCUT2D eigenvalue weighted by atomic mass is 10.3. The third kappa shape index (κ3) is 2.27. The van der Waals surface area contributed by atoms with Crippen LogP contribution >= 0.6 is 0 Å². The van der Waals surface area contributed by atoms with Gasteiger partial charge in [0.1, 0.15) is 0 Å². The van der Waals surface area contributed by atoms with Crippen molar-refractivity contribution in [1.29, 1.82) is 0 Å². The molecule has 1 N–H and O–H groups in total. The number of amides is 1. The molecule has 0 unspecified atom stereocenters. The first-order valence-electron chi connectivity index (χ1n) is 5.20. The SMILES string of the molecule is CC1(S(=O)(=O)NC(=O)[C@@H]2C[C@H]2C(F)(F)F)CC1. The first-order valence-corrected chi connectivity index (χ1v) is 6.68. The van der Waals surface area contributed by atoms with E-state index >= 15 is 0 Å². The van der Waals surface area contributed by atoms with Gasteiger partial charge in [0.05, 0.1) is 16.6 Å². The summed E-state index contributed by atoms with van der Waals surface area (Å²) < 4.78 is 60.6. The first kappa shape index (κ1) is 12.7. The van der Waals surface area contributed by atoms with E-state index in [0.717, 1.165) is 0 Å². The summed E-state index contributed by atoms with van der Waals surface area (Å²) in [5, 5.41) is 0. The van der Waals surface area contributed by atoms with Crippen molar-refractivity contribution >= 4 is 15.9 Å². The maximum Gasteiger partial charge on any atom is 0.392 e. The summed E-state index contributed by atoms with van der Waals surface area (Å²) in [6.45, 7) is 1.47. The third-order valence-corrected chi connectivity index (χ3v) is 5.56. The van der Waals surface area contributed by atoms with E-state index in [1.165, 1.54) is 6.92 Å². The number of carbonyl (C=O) groups excluding carboxylic acids is 1. The zero-order chi connectivity index (χ0) is 13.1. The number of rotatable bonds is 3. The van der Waals surface area contributed by atoms with Gasteiger partial charge in [0, 0.05) is 0 Å². The molecule has 0 heterocycles. The molecule has 2 saturated carbocycles. The lowest BCUT2D eigenvalue weighted by molar-refractivity contribution is -0.154. The molecule has 2 atom stereocenters. The number of sulfonamides is 1. The largest absolute Gasteiger partial charge is 0.392 e. The zero-order valence-electron chi connectivity index (χ0n) is 9.04. The Morgan fingerprint density at radius 2 is 1.88 bits per heavy atom. The standard InChI is InChI=1S/C9H12F3NO3S/c1-8(2-3-8)17(15,16)13-7(14)5-4-6(5)9(10,11)12/h5-6H,2-4H2,1H3,(H,13,14)/t5-,6-/m1/s1. The van der Waals surface area contributed by atoms with Crippen LogP contribution in [0.5, 0.6) is 0 Å². The molecule has 4 nitrogen and oxygen atoms in total. The molecule has 0 saturated heterocycles. The van der Waals surface area contributed by atoms with E-state index in [-0.39, 0.29) is 6.42 Å². The van der Waals surface area contributed by atoms with E-state index in [1.54, 1.807) is 4.72 Å². The highest BCUT2D eigenvalue weighted by Gasteiger charge is 2.60. The Labute approximate surface area is 96.6 Å². The van der Waals surface area contributed by atoms with Gasteiger partial charge >= 0.3 is 6.18 Å². The van der Waals surface area contributed by atoms with Gasteiger partial charge in [0.15, 0.2) is 0 Å². The van der Waals surface area contributed by atoms with Gasteiger partial charge in [0.2, 0.25) is 15.9 Å². The number of alkyl halides is 3. The molecule has 17 heavy (non-hydrogen) atoms. The highest BCUT2D eigenvalue weighted by atomic mass is 32.2. The molecule has 1 amide bonds. The Balaban J connectivity index is 1.96. The van der Waals surface area contributed by atoms with E-state index in [1.807, 2.05) is 0 Å². The number of hydrogen-bond acceptors (Lipinski definition) is 3. The lowest BCUT2D eigenvalue weighted by Crippen LogP contribution is -2.39. The molecular formula is C9H12F3NO3S. The van der Waals surface area contributed by atoms with Crippen LogP contribution < -0.4 is 4.72 Å². The van der Waals surface area contributed by atoms with Gasteiger partial charge in [-0.25, -0.2) is 8.42 Å². The average Bonchev–Trinajstić information content (AvgIpc) is 2.91. The fourth-order valence-electron chi connectivity index (χ4n) is 1.62. The van der Waals surface area contributed by atoms with Crippen LogP contribution in [0.3, 0.4) is 0 Å². The third-order valence-electron chi connectivity index (χ3n) is 3.39. The molecule has 0 spiro atoms. The maximum atomic E-state index is 12.2. The second-order valence-electron chi connectivity index (χ2n) is 4.91. The Kier molecular flexibility index (Phi) is 2.51. The minimum absolute atomic E-state index is 0.318. The minimum atomic E-state index is -4.42. The van der Waals surface area contributed by atoms with Crippen LogP contribution in [0.2, 0.25) is 0 Å². The maximum absolute atomic E-state index is 12.2. The van der Waals surface area contributed by atoms with Crippen molar-refractivity contribution in [2.24, 2.45) is 11.8 Å². The number of halogens is 3.